The lowest BCUT2D eigenvalue weighted by Gasteiger charge is -2.50. The zero-order valence-corrected chi connectivity index (χ0v) is 52.1. The van der Waals surface area contributed by atoms with Gasteiger partial charge in [0.05, 0.1) is 39.1 Å². The predicted octanol–water partition coefficient (Wildman–Crippen LogP) is 14.7. The van der Waals surface area contributed by atoms with E-state index in [1.54, 1.807) is 7.11 Å². The lowest BCUT2D eigenvalue weighted by molar-refractivity contribution is -0.276. The first-order valence-electron chi connectivity index (χ1n) is 27.2. The Kier molecular flexibility index (Phi) is 21.5. The van der Waals surface area contributed by atoms with Crippen LogP contribution in [0.1, 0.15) is 129 Å². The molecular weight excluding hydrogens is 941 g/mol. The van der Waals surface area contributed by atoms with Gasteiger partial charge in [-0.2, -0.15) is 0 Å². The lowest BCUT2D eigenvalue weighted by Crippen LogP contribution is -2.63. The SMILES string of the molecule is CC[Si](CC)(CC)O[C@H]1C[C@H]2C(C)=CC[C@H](C(C)C)[C@H]2/C=C(\CO[C@@H]2OC[C@@H](O[Si](C)(C)C(C)(C)C)[C@@H](O[Si](C)(C)C(C)(C)C)[C@@H]2OCc2ccc(OC)cc2)C(=O)C#C[C@]1(C)O[Si](CC)(CC)CC. The second-order valence-electron chi connectivity index (χ2n) is 24.5. The molecule has 398 valence electrons. The molecule has 1 fully saturated rings. The number of carbonyl (C=O) groups is 1. The molecule has 3 aliphatic rings. The second kappa shape index (κ2) is 24.8. The van der Waals surface area contributed by atoms with Crippen LogP contribution in [0.25, 0.3) is 0 Å². The fourth-order valence-electron chi connectivity index (χ4n) is 10.2. The Balaban J connectivity index is 1.91. The molecule has 1 aromatic rings. The number of hydrogen-bond acceptors (Lipinski definition) is 9. The van der Waals surface area contributed by atoms with Crippen LogP contribution < -0.4 is 4.74 Å². The quantitative estimate of drug-likeness (QED) is 0.0487. The summed E-state index contributed by atoms with van der Waals surface area (Å²) in [6, 6.07) is 13.9. The maximum atomic E-state index is 15.1. The number of allylic oxidation sites excluding steroid dienone is 3. The predicted molar refractivity (Wildman–Crippen MR) is 299 cm³/mol. The van der Waals surface area contributed by atoms with E-state index < -0.39 is 63.5 Å². The Bertz CT molecular complexity index is 1950. The van der Waals surface area contributed by atoms with Crippen molar-refractivity contribution in [3.05, 3.63) is 53.1 Å². The van der Waals surface area contributed by atoms with Crippen LogP contribution in [0.15, 0.2) is 47.6 Å². The first-order valence-corrected chi connectivity index (χ1v) is 38.1. The Hall–Kier alpha value is -1.68. The number of methoxy groups -OCH3 is 1. The molecular formula is C57H100O9Si4. The largest absolute Gasteiger partial charge is 0.497 e. The standard InChI is InChI=1S/C57H100O9Si4/c1-22-69(23-2,24-3)64-51-37-47-42(9)28-33-46(41(7)8)48(47)36-44(49(58)34-35-57(51,16)66-70(25-4,26-5)27-6)39-61-54-53(60-38-43-29-31-45(59-17)32-30-43)52(65-68(20,21)56(13,14)15)50(40-62-54)63-67(18,19)55(10,11)12/h28-32,36,41,46-48,50-54H,22-27,33,37-40H2,1-21H3/b44-36+/t46-,47+,48-,50-,51+,52-,53+,54-,57+/m1/s1. The van der Waals surface area contributed by atoms with E-state index in [0.29, 0.717) is 24.0 Å². The molecule has 13 heteroatoms. The minimum atomic E-state index is -2.43. The number of benzene rings is 1. The van der Waals surface area contributed by atoms with Crippen LogP contribution in [-0.4, -0.2) is 95.7 Å². The summed E-state index contributed by atoms with van der Waals surface area (Å²) in [7, 11) is -7.50. The first kappa shape index (κ1) is 60.9. The van der Waals surface area contributed by atoms with E-state index in [2.05, 4.69) is 161 Å². The van der Waals surface area contributed by atoms with Crippen LogP contribution in [0.4, 0.5) is 0 Å². The van der Waals surface area contributed by atoms with Gasteiger partial charge >= 0.3 is 0 Å². The smallest absolute Gasteiger partial charge is 0.233 e. The average Bonchev–Trinajstić information content (AvgIpc) is 3.30. The number of fused-ring (bicyclic) bond motifs is 1. The van der Waals surface area contributed by atoms with E-state index in [4.69, 9.17) is 36.7 Å². The van der Waals surface area contributed by atoms with Crippen molar-refractivity contribution in [2.75, 3.05) is 20.3 Å². The van der Waals surface area contributed by atoms with Crippen LogP contribution in [0.5, 0.6) is 5.75 Å². The summed E-state index contributed by atoms with van der Waals surface area (Å²) in [5.41, 5.74) is 1.89. The van der Waals surface area contributed by atoms with Crippen molar-refractivity contribution in [2.45, 2.75) is 239 Å². The summed E-state index contributed by atoms with van der Waals surface area (Å²) in [6.45, 7) is 46.0. The number of carbonyl (C=O) groups excluding carboxylic acids is 1. The van der Waals surface area contributed by atoms with Gasteiger partial charge < -0.3 is 36.7 Å². The number of ketones is 1. The highest BCUT2D eigenvalue weighted by atomic mass is 28.4. The molecule has 0 N–H and O–H groups in total. The maximum absolute atomic E-state index is 15.1. The van der Waals surface area contributed by atoms with Crippen molar-refractivity contribution in [3.63, 3.8) is 0 Å². The molecule has 1 aromatic carbocycles. The third kappa shape index (κ3) is 14.6. The molecule has 1 saturated heterocycles. The van der Waals surface area contributed by atoms with Crippen LogP contribution in [0.3, 0.4) is 0 Å². The highest BCUT2D eigenvalue weighted by Gasteiger charge is 2.53. The molecule has 0 unspecified atom stereocenters. The third-order valence-electron chi connectivity index (χ3n) is 17.9. The fourth-order valence-corrected chi connectivity index (χ4v) is 18.8. The van der Waals surface area contributed by atoms with E-state index >= 15 is 4.79 Å². The normalized spacial score (nSPS) is 28.3. The van der Waals surface area contributed by atoms with Gasteiger partial charge in [-0.05, 0) is 147 Å². The van der Waals surface area contributed by atoms with E-state index in [1.165, 1.54) is 5.57 Å². The minimum Gasteiger partial charge on any atom is -0.497 e. The molecule has 0 saturated carbocycles. The molecule has 0 spiro atoms. The van der Waals surface area contributed by atoms with Crippen molar-refractivity contribution < 1.29 is 41.4 Å². The molecule has 0 amide bonds. The molecule has 1 heterocycles. The Labute approximate surface area is 432 Å². The summed E-state index contributed by atoms with van der Waals surface area (Å²) >= 11 is 0. The van der Waals surface area contributed by atoms with Crippen molar-refractivity contribution in [1.29, 1.82) is 0 Å². The topological polar surface area (TPSA) is 90.9 Å². The van der Waals surface area contributed by atoms with Crippen molar-refractivity contribution in [1.82, 2.24) is 0 Å². The lowest BCUT2D eigenvalue weighted by atomic mass is 9.65. The van der Waals surface area contributed by atoms with Crippen LogP contribution in [0.2, 0.25) is 72.5 Å². The van der Waals surface area contributed by atoms with E-state index in [-0.39, 0.29) is 47.0 Å². The molecule has 0 radical (unpaired) electrons. The Morgan fingerprint density at radius 3 is 1.84 bits per heavy atom. The molecule has 9 nitrogen and oxygen atoms in total. The number of hydrogen-bond donors (Lipinski definition) is 0. The van der Waals surface area contributed by atoms with Crippen LogP contribution in [-0.2, 0) is 43.3 Å². The highest BCUT2D eigenvalue weighted by molar-refractivity contribution is 6.75. The Morgan fingerprint density at radius 1 is 0.771 bits per heavy atom. The van der Waals surface area contributed by atoms with Crippen LogP contribution in [0, 0.1) is 35.5 Å². The fraction of sp³-hybridized carbons (Fsp3) is 0.772. The Morgan fingerprint density at radius 2 is 1.33 bits per heavy atom. The maximum Gasteiger partial charge on any atom is 0.233 e. The number of rotatable bonds is 22. The van der Waals surface area contributed by atoms with Gasteiger partial charge in [0.2, 0.25) is 5.78 Å². The monoisotopic (exact) mass is 1040 g/mol. The van der Waals surface area contributed by atoms with E-state index in [0.717, 1.165) is 60.4 Å². The van der Waals surface area contributed by atoms with Gasteiger partial charge in [-0.3, -0.25) is 4.79 Å². The van der Waals surface area contributed by atoms with Gasteiger partial charge in [0, 0.05) is 5.57 Å². The molecule has 4 rings (SSSR count). The highest BCUT2D eigenvalue weighted by Crippen LogP contribution is 2.47. The number of ether oxygens (including phenoxy) is 4. The summed E-state index contributed by atoms with van der Waals surface area (Å²) in [5.74, 6) is 8.20. The van der Waals surface area contributed by atoms with Gasteiger partial charge in [0.1, 0.15) is 23.6 Å². The van der Waals surface area contributed by atoms with Gasteiger partial charge in [-0.15, -0.1) is 0 Å². The number of Topliss-reactive ketones (excluding diaryl/α,β-unsaturated/α-hetero) is 1. The molecule has 70 heavy (non-hydrogen) atoms. The zero-order chi connectivity index (χ0) is 52.7. The summed E-state index contributed by atoms with van der Waals surface area (Å²) in [4.78, 5) is 15.1. The third-order valence-corrected chi connectivity index (χ3v) is 36.2. The van der Waals surface area contributed by atoms with E-state index in [9.17, 15) is 0 Å². The zero-order valence-electron chi connectivity index (χ0n) is 48.1. The van der Waals surface area contributed by atoms with Crippen molar-refractivity contribution >= 4 is 39.1 Å². The molecule has 0 bridgehead atoms. The first-order chi connectivity index (χ1) is 32.5. The average molecular weight is 1040 g/mol. The van der Waals surface area contributed by atoms with Gasteiger partial charge in [-0.1, -0.05) is 133 Å². The molecule has 9 atom stereocenters. The van der Waals surface area contributed by atoms with Crippen molar-refractivity contribution in [3.8, 4) is 17.6 Å². The summed E-state index contributed by atoms with van der Waals surface area (Å²) in [6.07, 6.45) is 3.67. The van der Waals surface area contributed by atoms with Gasteiger partial charge in [0.15, 0.2) is 39.6 Å². The second-order valence-corrected chi connectivity index (χ2v) is 43.4. The van der Waals surface area contributed by atoms with Crippen molar-refractivity contribution in [2.24, 2.45) is 23.7 Å². The molecule has 1 aliphatic heterocycles. The van der Waals surface area contributed by atoms with Gasteiger partial charge in [-0.25, -0.2) is 0 Å². The van der Waals surface area contributed by atoms with Crippen LogP contribution >= 0.6 is 0 Å². The summed E-state index contributed by atoms with van der Waals surface area (Å²) in [5, 5.41) is -0.133. The molecule has 0 aromatic heterocycles. The summed E-state index contributed by atoms with van der Waals surface area (Å²) < 4.78 is 56.2. The molecule has 2 aliphatic carbocycles. The van der Waals surface area contributed by atoms with Gasteiger partial charge in [0.25, 0.3) is 0 Å². The van der Waals surface area contributed by atoms with E-state index in [1.807, 2.05) is 24.3 Å². The minimum absolute atomic E-state index is 0.00450.